The van der Waals surface area contributed by atoms with E-state index in [2.05, 4.69) is 10.3 Å². The molecule has 1 spiro atoms. The summed E-state index contributed by atoms with van der Waals surface area (Å²) in [4.78, 5) is 17.2. The Morgan fingerprint density at radius 1 is 1.23 bits per heavy atom. The molecule has 0 saturated heterocycles. The smallest absolute Gasteiger partial charge is 0.287 e. The number of hydrogen-bond acceptors (Lipinski definition) is 6. The number of aryl methyl sites for hydroxylation is 1. The lowest BCUT2D eigenvalue weighted by molar-refractivity contribution is -0.0256. The van der Waals surface area contributed by atoms with Gasteiger partial charge in [-0.2, -0.15) is 0 Å². The van der Waals surface area contributed by atoms with Gasteiger partial charge < -0.3 is 14.2 Å². The zero-order valence-electron chi connectivity index (χ0n) is 17.3. The SMILES string of the molecule is CCS(=O)(=O)c1cc(C)c(C(=O)NC2CC3(C2)CC(c2nc4cc(Cl)ccc4o2)C3)o1. The number of benzene rings is 1. The van der Waals surface area contributed by atoms with E-state index >= 15 is 0 Å². The lowest BCUT2D eigenvalue weighted by Gasteiger charge is -2.57. The van der Waals surface area contributed by atoms with Gasteiger partial charge in [0.2, 0.25) is 14.9 Å². The van der Waals surface area contributed by atoms with Crippen molar-refractivity contribution >= 4 is 38.4 Å². The van der Waals surface area contributed by atoms with E-state index in [-0.39, 0.29) is 39.9 Å². The molecule has 31 heavy (non-hydrogen) atoms. The molecule has 9 heteroatoms. The summed E-state index contributed by atoms with van der Waals surface area (Å²) in [6.07, 6.45) is 3.75. The predicted octanol–water partition coefficient (Wildman–Crippen LogP) is 4.63. The zero-order chi connectivity index (χ0) is 22.0. The van der Waals surface area contributed by atoms with Crippen molar-refractivity contribution in [1.29, 1.82) is 0 Å². The summed E-state index contributed by atoms with van der Waals surface area (Å²) < 4.78 is 35.2. The van der Waals surface area contributed by atoms with E-state index in [1.165, 1.54) is 6.07 Å². The minimum atomic E-state index is -3.48. The Morgan fingerprint density at radius 3 is 2.68 bits per heavy atom. The number of aromatic nitrogens is 1. The lowest BCUT2D eigenvalue weighted by Crippen LogP contribution is -2.55. The number of rotatable bonds is 5. The number of halogens is 1. The molecule has 0 bridgehead atoms. The number of nitrogens with one attached hydrogen (secondary N) is 1. The summed E-state index contributed by atoms with van der Waals surface area (Å²) in [5.74, 6) is 0.690. The van der Waals surface area contributed by atoms with E-state index in [1.54, 1.807) is 26.0 Å². The van der Waals surface area contributed by atoms with Crippen LogP contribution in [0.3, 0.4) is 0 Å². The summed E-state index contributed by atoms with van der Waals surface area (Å²) in [6.45, 7) is 3.22. The number of amides is 1. The third kappa shape index (κ3) is 3.55. The number of nitrogens with zero attached hydrogens (tertiary/aromatic N) is 1. The Hall–Kier alpha value is -2.32. The molecule has 0 unspecified atom stereocenters. The van der Waals surface area contributed by atoms with E-state index in [1.807, 2.05) is 6.07 Å². The monoisotopic (exact) mass is 462 g/mol. The summed E-state index contributed by atoms with van der Waals surface area (Å²) in [5, 5.41) is 3.47. The Labute approximate surface area is 185 Å². The van der Waals surface area contributed by atoms with Gasteiger partial charge in [0.25, 0.3) is 5.91 Å². The molecule has 1 N–H and O–H groups in total. The molecule has 1 amide bonds. The molecular formula is C22H23ClN2O5S. The van der Waals surface area contributed by atoms with Crippen molar-refractivity contribution in [2.45, 2.75) is 56.6 Å². The van der Waals surface area contributed by atoms with Crippen LogP contribution < -0.4 is 5.32 Å². The van der Waals surface area contributed by atoms with Crippen molar-refractivity contribution in [2.24, 2.45) is 5.41 Å². The van der Waals surface area contributed by atoms with E-state index in [9.17, 15) is 13.2 Å². The average molecular weight is 463 g/mol. The maximum atomic E-state index is 12.6. The molecule has 2 fully saturated rings. The Kier molecular flexibility index (Phi) is 4.71. The van der Waals surface area contributed by atoms with Gasteiger partial charge in [0.1, 0.15) is 5.52 Å². The van der Waals surface area contributed by atoms with Crippen LogP contribution in [0.5, 0.6) is 0 Å². The fourth-order valence-electron chi connectivity index (χ4n) is 4.90. The normalized spacial score (nSPS) is 25.4. The predicted molar refractivity (Wildman–Crippen MR) is 115 cm³/mol. The second-order valence-corrected chi connectivity index (χ2v) is 11.5. The standard InChI is InChI=1S/C22H23ClN2O5S/c1-3-31(27,28)18-6-12(2)19(30-18)20(26)24-15-10-22(11-15)8-13(9-22)21-25-16-7-14(23)4-5-17(16)29-21/h4-7,13,15H,3,8-11H2,1-2H3,(H,24,26). The van der Waals surface area contributed by atoms with Crippen LogP contribution >= 0.6 is 11.6 Å². The number of furan rings is 1. The van der Waals surface area contributed by atoms with Crippen LogP contribution in [-0.2, 0) is 9.84 Å². The zero-order valence-corrected chi connectivity index (χ0v) is 18.8. The van der Waals surface area contributed by atoms with Crippen molar-refractivity contribution in [1.82, 2.24) is 10.3 Å². The van der Waals surface area contributed by atoms with E-state index in [0.717, 1.165) is 42.7 Å². The molecule has 5 rings (SSSR count). The van der Waals surface area contributed by atoms with Gasteiger partial charge in [0.05, 0.1) is 5.75 Å². The number of carbonyl (C=O) groups excluding carboxylic acids is 1. The van der Waals surface area contributed by atoms with E-state index in [4.69, 9.17) is 20.4 Å². The highest BCUT2D eigenvalue weighted by atomic mass is 35.5. The molecule has 1 aromatic carbocycles. The molecule has 0 radical (unpaired) electrons. The maximum absolute atomic E-state index is 12.6. The van der Waals surface area contributed by atoms with Crippen LogP contribution in [0.25, 0.3) is 11.1 Å². The highest BCUT2D eigenvalue weighted by Crippen LogP contribution is 2.61. The average Bonchev–Trinajstić information content (AvgIpc) is 3.25. The summed E-state index contributed by atoms with van der Waals surface area (Å²) >= 11 is 6.02. The molecule has 2 saturated carbocycles. The summed E-state index contributed by atoms with van der Waals surface area (Å²) in [5.41, 5.74) is 2.27. The topological polar surface area (TPSA) is 102 Å². The van der Waals surface area contributed by atoms with Gasteiger partial charge >= 0.3 is 0 Å². The first-order valence-electron chi connectivity index (χ1n) is 10.4. The minimum absolute atomic E-state index is 0.0617. The Bertz CT molecular complexity index is 1280. The number of carbonyl (C=O) groups is 1. The first kappa shape index (κ1) is 20.6. The number of fused-ring (bicyclic) bond motifs is 1. The van der Waals surface area contributed by atoms with Crippen LogP contribution in [-0.4, -0.2) is 31.1 Å². The molecule has 2 aliphatic carbocycles. The van der Waals surface area contributed by atoms with Crippen LogP contribution in [0.4, 0.5) is 0 Å². The third-order valence-corrected chi connectivity index (χ3v) is 8.37. The van der Waals surface area contributed by atoms with E-state index < -0.39 is 9.84 Å². The van der Waals surface area contributed by atoms with Gasteiger partial charge in [-0.3, -0.25) is 4.79 Å². The van der Waals surface area contributed by atoms with Crippen molar-refractivity contribution in [3.63, 3.8) is 0 Å². The first-order chi connectivity index (χ1) is 14.7. The van der Waals surface area contributed by atoms with Crippen LogP contribution in [0, 0.1) is 12.3 Å². The first-order valence-corrected chi connectivity index (χ1v) is 12.4. The fourth-order valence-corrected chi connectivity index (χ4v) is 5.92. The molecule has 2 heterocycles. The molecular weight excluding hydrogens is 440 g/mol. The van der Waals surface area contributed by atoms with Crippen molar-refractivity contribution in [3.8, 4) is 0 Å². The van der Waals surface area contributed by atoms with E-state index in [0.29, 0.717) is 10.6 Å². The van der Waals surface area contributed by atoms with Gasteiger partial charge in [0.15, 0.2) is 17.2 Å². The van der Waals surface area contributed by atoms with Gasteiger partial charge in [-0.05, 0) is 62.3 Å². The van der Waals surface area contributed by atoms with Gasteiger partial charge in [0, 0.05) is 22.5 Å². The van der Waals surface area contributed by atoms with Crippen LogP contribution in [0.1, 0.15) is 60.5 Å². The molecule has 2 aliphatic rings. The molecule has 2 aromatic heterocycles. The highest BCUT2D eigenvalue weighted by Gasteiger charge is 2.54. The highest BCUT2D eigenvalue weighted by molar-refractivity contribution is 7.91. The molecule has 7 nitrogen and oxygen atoms in total. The fraction of sp³-hybridized carbons (Fsp3) is 0.455. The third-order valence-electron chi connectivity index (χ3n) is 6.56. The van der Waals surface area contributed by atoms with Gasteiger partial charge in [-0.1, -0.05) is 18.5 Å². The second kappa shape index (κ2) is 7.10. The number of hydrogen-bond donors (Lipinski definition) is 1. The molecule has 0 atom stereocenters. The minimum Gasteiger partial charge on any atom is -0.440 e. The number of sulfone groups is 1. The molecule has 0 aliphatic heterocycles. The Morgan fingerprint density at radius 2 is 1.97 bits per heavy atom. The number of oxazole rings is 1. The van der Waals surface area contributed by atoms with Gasteiger partial charge in [-0.15, -0.1) is 0 Å². The maximum Gasteiger partial charge on any atom is 0.287 e. The van der Waals surface area contributed by atoms with Crippen LogP contribution in [0.15, 0.2) is 38.2 Å². The molecule has 164 valence electrons. The summed E-state index contributed by atoms with van der Waals surface area (Å²) in [6, 6.07) is 6.92. The van der Waals surface area contributed by atoms with Crippen molar-refractivity contribution in [2.75, 3.05) is 5.75 Å². The summed E-state index contributed by atoms with van der Waals surface area (Å²) in [7, 11) is -3.48. The van der Waals surface area contributed by atoms with Crippen molar-refractivity contribution < 1.29 is 22.0 Å². The van der Waals surface area contributed by atoms with Crippen LogP contribution in [0.2, 0.25) is 5.02 Å². The molecule has 3 aromatic rings. The van der Waals surface area contributed by atoms with Gasteiger partial charge in [-0.25, -0.2) is 13.4 Å². The quantitative estimate of drug-likeness (QED) is 0.592. The lowest BCUT2D eigenvalue weighted by atomic mass is 9.50. The second-order valence-electron chi connectivity index (χ2n) is 8.83. The van der Waals surface area contributed by atoms with Crippen molar-refractivity contribution in [3.05, 3.63) is 46.5 Å². The Balaban J connectivity index is 1.18. The largest absolute Gasteiger partial charge is 0.440 e.